The first kappa shape index (κ1) is 18.6. The number of primary amides is 1. The first-order valence-corrected chi connectivity index (χ1v) is 8.62. The number of rotatable bonds is 4. The molecule has 0 aliphatic rings. The van der Waals surface area contributed by atoms with Gasteiger partial charge < -0.3 is 16.0 Å². The molecule has 0 fully saturated rings. The van der Waals surface area contributed by atoms with Gasteiger partial charge in [-0.25, -0.2) is 9.97 Å². The molecule has 2 heterocycles. The monoisotopic (exact) mass is 383 g/mol. The minimum Gasteiger partial charge on any atom is -0.382 e. The van der Waals surface area contributed by atoms with E-state index in [4.69, 9.17) is 23.1 Å². The van der Waals surface area contributed by atoms with E-state index in [2.05, 4.69) is 9.97 Å². The summed E-state index contributed by atoms with van der Waals surface area (Å²) in [6.45, 7) is 3.79. The van der Waals surface area contributed by atoms with Crippen molar-refractivity contribution in [2.75, 3.05) is 5.73 Å². The van der Waals surface area contributed by atoms with E-state index < -0.39 is 5.91 Å². The number of halogens is 1. The van der Waals surface area contributed by atoms with Crippen LogP contribution < -0.4 is 17.0 Å². The molecule has 2 aromatic heterocycles. The van der Waals surface area contributed by atoms with Gasteiger partial charge in [-0.05, 0) is 26.0 Å². The summed E-state index contributed by atoms with van der Waals surface area (Å²) in [6.07, 6.45) is 1.67. The molecular weight excluding hydrogens is 366 g/mol. The van der Waals surface area contributed by atoms with E-state index in [0.717, 1.165) is 0 Å². The summed E-state index contributed by atoms with van der Waals surface area (Å²) in [5.74, 6) is -0.873. The smallest absolute Gasteiger partial charge is 0.271 e. The van der Waals surface area contributed by atoms with E-state index in [1.807, 2.05) is 13.8 Å². The molecule has 0 unspecified atom stereocenters. The molecule has 7 nitrogen and oxygen atoms in total. The maximum Gasteiger partial charge on any atom is 0.271 e. The van der Waals surface area contributed by atoms with E-state index >= 15 is 0 Å². The summed E-state index contributed by atoms with van der Waals surface area (Å²) in [7, 11) is 0. The fraction of sp³-hybridized carbons (Fsp3) is 0.158. The molecule has 0 aliphatic carbocycles. The third-order valence-electron chi connectivity index (χ3n) is 4.05. The maximum atomic E-state index is 12.1. The summed E-state index contributed by atoms with van der Waals surface area (Å²) < 4.78 is 1.56. The van der Waals surface area contributed by atoms with Crippen LogP contribution in [0.4, 0.5) is 5.82 Å². The maximum absolute atomic E-state index is 12.1. The van der Waals surface area contributed by atoms with Crippen molar-refractivity contribution in [1.29, 1.82) is 0 Å². The number of carbonyl (C=O) groups excluding carboxylic acids is 1. The van der Waals surface area contributed by atoms with Gasteiger partial charge in [-0.2, -0.15) is 0 Å². The minimum atomic E-state index is -0.788. The number of carbonyl (C=O) groups is 1. The third kappa shape index (κ3) is 3.54. The zero-order chi connectivity index (χ0) is 19.7. The molecule has 0 radical (unpaired) electrons. The summed E-state index contributed by atoms with van der Waals surface area (Å²) in [4.78, 5) is 32.5. The molecule has 8 heteroatoms. The average Bonchev–Trinajstić information content (AvgIpc) is 2.62. The molecule has 0 saturated carbocycles. The Balaban J connectivity index is 2.35. The van der Waals surface area contributed by atoms with E-state index in [0.29, 0.717) is 27.5 Å². The highest BCUT2D eigenvalue weighted by Gasteiger charge is 2.20. The molecule has 4 N–H and O–H groups in total. The summed E-state index contributed by atoms with van der Waals surface area (Å²) >= 11 is 6.32. The van der Waals surface area contributed by atoms with Crippen molar-refractivity contribution < 1.29 is 4.79 Å². The Morgan fingerprint density at radius 2 is 1.81 bits per heavy atom. The molecule has 3 aromatic rings. The second-order valence-corrected chi connectivity index (χ2v) is 6.66. The standard InChI is InChI=1S/C19H18ClN5O2/c1-10(2)25-9-11(7-8-14(25)26)15-16(12-5-3-4-6-13(12)20)24-18(21)17(23-15)19(22)27/h3-10H,1-2H3,(H2,21,24)(H2,22,27). The Labute approximate surface area is 160 Å². The Bertz CT molecular complexity index is 1090. The fourth-order valence-corrected chi connectivity index (χ4v) is 2.94. The molecule has 1 aromatic carbocycles. The van der Waals surface area contributed by atoms with Crippen LogP contribution in [0.1, 0.15) is 30.4 Å². The number of hydrogen-bond acceptors (Lipinski definition) is 5. The number of nitrogen functional groups attached to an aromatic ring is 1. The van der Waals surface area contributed by atoms with E-state index in [-0.39, 0.29) is 23.1 Å². The molecule has 0 atom stereocenters. The molecule has 0 bridgehead atoms. The molecule has 27 heavy (non-hydrogen) atoms. The summed E-state index contributed by atoms with van der Waals surface area (Å²) in [5, 5.41) is 0.455. The van der Waals surface area contributed by atoms with Gasteiger partial charge in [0.2, 0.25) is 0 Å². The zero-order valence-corrected chi connectivity index (χ0v) is 15.6. The van der Waals surface area contributed by atoms with E-state index in [9.17, 15) is 9.59 Å². The van der Waals surface area contributed by atoms with Gasteiger partial charge in [0.05, 0.1) is 10.7 Å². The van der Waals surface area contributed by atoms with Gasteiger partial charge in [0, 0.05) is 29.4 Å². The van der Waals surface area contributed by atoms with Crippen molar-refractivity contribution >= 4 is 23.3 Å². The van der Waals surface area contributed by atoms with Gasteiger partial charge in [0.25, 0.3) is 11.5 Å². The summed E-state index contributed by atoms with van der Waals surface area (Å²) in [6, 6.07) is 10.1. The number of nitrogens with zero attached hydrogens (tertiary/aromatic N) is 3. The highest BCUT2D eigenvalue weighted by Crippen LogP contribution is 2.34. The lowest BCUT2D eigenvalue weighted by atomic mass is 10.0. The van der Waals surface area contributed by atoms with Crippen molar-refractivity contribution in [3.8, 4) is 22.5 Å². The van der Waals surface area contributed by atoms with Crippen molar-refractivity contribution in [2.24, 2.45) is 5.73 Å². The van der Waals surface area contributed by atoms with Crippen LogP contribution in [-0.2, 0) is 0 Å². The van der Waals surface area contributed by atoms with Crippen LogP contribution in [0.15, 0.2) is 47.4 Å². The third-order valence-corrected chi connectivity index (χ3v) is 4.38. The molecular formula is C19H18ClN5O2. The van der Waals surface area contributed by atoms with Crippen molar-refractivity contribution in [2.45, 2.75) is 19.9 Å². The number of pyridine rings is 1. The first-order valence-electron chi connectivity index (χ1n) is 8.24. The van der Waals surface area contributed by atoms with Gasteiger partial charge in [-0.1, -0.05) is 29.8 Å². The number of anilines is 1. The topological polar surface area (TPSA) is 117 Å². The van der Waals surface area contributed by atoms with Gasteiger partial charge >= 0.3 is 0 Å². The van der Waals surface area contributed by atoms with Gasteiger partial charge in [0.1, 0.15) is 5.69 Å². The predicted molar refractivity (Wildman–Crippen MR) is 105 cm³/mol. The van der Waals surface area contributed by atoms with Gasteiger partial charge in [0.15, 0.2) is 11.5 Å². The van der Waals surface area contributed by atoms with Crippen LogP contribution in [0, 0.1) is 0 Å². The van der Waals surface area contributed by atoms with Crippen LogP contribution in [0.25, 0.3) is 22.5 Å². The fourth-order valence-electron chi connectivity index (χ4n) is 2.72. The Morgan fingerprint density at radius 1 is 1.11 bits per heavy atom. The molecule has 1 amide bonds. The quantitative estimate of drug-likeness (QED) is 0.718. The number of amides is 1. The predicted octanol–water partition coefficient (Wildman–Crippen LogP) is 2.89. The van der Waals surface area contributed by atoms with Gasteiger partial charge in [-0.15, -0.1) is 0 Å². The van der Waals surface area contributed by atoms with E-state index in [1.165, 1.54) is 6.07 Å². The summed E-state index contributed by atoms with van der Waals surface area (Å²) in [5.41, 5.74) is 12.9. The lowest BCUT2D eigenvalue weighted by Gasteiger charge is -2.15. The molecule has 0 saturated heterocycles. The van der Waals surface area contributed by atoms with Crippen LogP contribution in [-0.4, -0.2) is 20.4 Å². The number of aromatic nitrogens is 3. The lowest BCUT2D eigenvalue weighted by molar-refractivity contribution is 0.0996. The highest BCUT2D eigenvalue weighted by molar-refractivity contribution is 6.33. The van der Waals surface area contributed by atoms with E-state index in [1.54, 1.807) is 41.1 Å². The average molecular weight is 384 g/mol. The van der Waals surface area contributed by atoms with Crippen molar-refractivity contribution in [1.82, 2.24) is 14.5 Å². The molecule has 0 spiro atoms. The van der Waals surface area contributed by atoms with Crippen LogP contribution in [0.5, 0.6) is 0 Å². The highest BCUT2D eigenvalue weighted by atomic mass is 35.5. The molecule has 3 rings (SSSR count). The number of hydrogen-bond donors (Lipinski definition) is 2. The van der Waals surface area contributed by atoms with Crippen LogP contribution in [0.2, 0.25) is 5.02 Å². The Morgan fingerprint density at radius 3 is 2.44 bits per heavy atom. The SMILES string of the molecule is CC(C)n1cc(-c2nc(C(N)=O)c(N)nc2-c2ccccc2Cl)ccc1=O. The minimum absolute atomic E-state index is 0.0569. The second-order valence-electron chi connectivity index (χ2n) is 6.26. The Hall–Kier alpha value is -3.19. The first-order chi connectivity index (χ1) is 12.8. The zero-order valence-electron chi connectivity index (χ0n) is 14.8. The van der Waals surface area contributed by atoms with Crippen molar-refractivity contribution in [3.05, 3.63) is 63.7 Å². The Kier molecular flexibility index (Phi) is 4.96. The van der Waals surface area contributed by atoms with Gasteiger partial charge in [-0.3, -0.25) is 9.59 Å². The molecule has 138 valence electrons. The van der Waals surface area contributed by atoms with Crippen LogP contribution in [0.3, 0.4) is 0 Å². The largest absolute Gasteiger partial charge is 0.382 e. The second kappa shape index (κ2) is 7.20. The van der Waals surface area contributed by atoms with Crippen LogP contribution >= 0.6 is 11.6 Å². The molecule has 0 aliphatic heterocycles. The normalized spacial score (nSPS) is 11.0. The van der Waals surface area contributed by atoms with Crippen molar-refractivity contribution in [3.63, 3.8) is 0 Å². The lowest BCUT2D eigenvalue weighted by Crippen LogP contribution is -2.21. The number of nitrogens with two attached hydrogens (primary N) is 2. The number of benzene rings is 1.